The number of amides is 2. The number of aryl methyl sites for hydroxylation is 1. The van der Waals surface area contributed by atoms with Gasteiger partial charge in [0.25, 0.3) is 0 Å². The van der Waals surface area contributed by atoms with E-state index < -0.39 is 42.6 Å². The number of hydrogen-bond acceptors (Lipinski definition) is 9. The van der Waals surface area contributed by atoms with Crippen LogP contribution in [0.2, 0.25) is 6.32 Å². The molecule has 2 amide bonds. The van der Waals surface area contributed by atoms with Crippen LogP contribution in [0.25, 0.3) is 0 Å². The summed E-state index contributed by atoms with van der Waals surface area (Å²) in [5, 5.41) is 49.8. The third-order valence-electron chi connectivity index (χ3n) is 4.76. The van der Waals surface area contributed by atoms with E-state index in [0.717, 1.165) is 0 Å². The Balaban J connectivity index is 1.88. The number of aliphatic hydroxyl groups is 1. The normalized spacial score (nSPS) is 14.6. The number of nitrogens with two attached hydrogens (primary N) is 1. The minimum absolute atomic E-state index is 0.0138. The highest BCUT2D eigenvalue weighted by Crippen LogP contribution is 2.33. The Morgan fingerprint density at radius 3 is 2.55 bits per heavy atom. The fourth-order valence-electron chi connectivity index (χ4n) is 3.00. The van der Waals surface area contributed by atoms with Crippen LogP contribution in [0.1, 0.15) is 28.8 Å². The van der Waals surface area contributed by atoms with Crippen molar-refractivity contribution in [1.82, 2.24) is 10.2 Å². The lowest BCUT2D eigenvalue weighted by molar-refractivity contribution is -0.139. The highest BCUT2D eigenvalue weighted by molar-refractivity contribution is 6.41. The number of benzene rings is 1. The molecule has 0 saturated carbocycles. The van der Waals surface area contributed by atoms with Gasteiger partial charge in [-0.15, -0.1) is 0 Å². The molecule has 1 aromatic carbocycles. The van der Waals surface area contributed by atoms with Gasteiger partial charge in [0, 0.05) is 6.42 Å². The zero-order chi connectivity index (χ0) is 23.1. The molecule has 0 bridgehead atoms. The van der Waals surface area contributed by atoms with Crippen LogP contribution >= 0.6 is 0 Å². The fourth-order valence-corrected chi connectivity index (χ4v) is 3.00. The van der Waals surface area contributed by atoms with Crippen LogP contribution in [0, 0.1) is 0 Å². The van der Waals surface area contributed by atoms with Crippen LogP contribution in [-0.4, -0.2) is 87.1 Å². The molecule has 1 saturated heterocycles. The van der Waals surface area contributed by atoms with Crippen LogP contribution in [0.15, 0.2) is 12.1 Å². The average Bonchev–Trinajstić information content (AvgIpc) is 2.65. The van der Waals surface area contributed by atoms with Gasteiger partial charge in [-0.05, 0) is 30.8 Å². The fraction of sp³-hybridized carbons (Fsp3) is 0.500. The second-order valence-electron chi connectivity index (χ2n) is 7.21. The second kappa shape index (κ2) is 11.0. The molecule has 1 aliphatic rings. The second-order valence-corrected chi connectivity index (χ2v) is 7.21. The SMILES string of the molecule is NC(=O)CCC(O)NCC(=O)N1CC(Oc2ccc(CCB(O)O)c(O)c2C(=O)O)C1. The minimum atomic E-state index is -1.58. The van der Waals surface area contributed by atoms with E-state index in [-0.39, 0.29) is 62.4 Å². The van der Waals surface area contributed by atoms with Gasteiger partial charge in [0.1, 0.15) is 29.4 Å². The first kappa shape index (κ1) is 24.4. The summed E-state index contributed by atoms with van der Waals surface area (Å²) in [6.45, 7) is 0.228. The molecule has 12 nitrogen and oxygen atoms in total. The molecular formula is C18H26BN3O9. The monoisotopic (exact) mass is 439 g/mol. The number of hydrogen-bond donors (Lipinski definition) is 7. The van der Waals surface area contributed by atoms with Crippen LogP contribution in [0.4, 0.5) is 0 Å². The molecule has 170 valence electrons. The zero-order valence-electron chi connectivity index (χ0n) is 16.7. The molecular weight excluding hydrogens is 413 g/mol. The van der Waals surface area contributed by atoms with Crippen molar-refractivity contribution in [3.8, 4) is 11.5 Å². The van der Waals surface area contributed by atoms with Crippen molar-refractivity contribution in [2.24, 2.45) is 5.73 Å². The summed E-state index contributed by atoms with van der Waals surface area (Å²) in [5.41, 5.74) is 4.79. The number of carbonyl (C=O) groups excluding carboxylic acids is 2. The van der Waals surface area contributed by atoms with Crippen molar-refractivity contribution in [2.75, 3.05) is 19.6 Å². The minimum Gasteiger partial charge on any atom is -0.507 e. The lowest BCUT2D eigenvalue weighted by atomic mass is 9.82. The number of rotatable bonds is 12. The number of nitrogens with one attached hydrogen (secondary N) is 1. The van der Waals surface area contributed by atoms with Crippen LogP contribution < -0.4 is 15.8 Å². The molecule has 0 aliphatic carbocycles. The molecule has 31 heavy (non-hydrogen) atoms. The van der Waals surface area contributed by atoms with Gasteiger partial charge in [-0.2, -0.15) is 0 Å². The first-order valence-corrected chi connectivity index (χ1v) is 9.67. The standard InChI is InChI=1S/C18H26BN3O9/c20-13(23)3-4-14(24)21-7-15(25)22-8-11(9-22)31-12-2-1-10(5-6-19(29)30)17(26)16(12)18(27)28/h1-2,11,14,21,24,26,29-30H,3-9H2,(H2,20,23)(H,27,28). The van der Waals surface area contributed by atoms with E-state index in [1.807, 2.05) is 0 Å². The maximum atomic E-state index is 12.1. The van der Waals surface area contributed by atoms with E-state index in [0.29, 0.717) is 0 Å². The van der Waals surface area contributed by atoms with Crippen molar-refractivity contribution >= 4 is 24.9 Å². The number of phenols is 1. The maximum absolute atomic E-state index is 12.1. The van der Waals surface area contributed by atoms with E-state index in [4.69, 9.17) is 20.5 Å². The number of aromatic hydroxyl groups is 1. The summed E-state index contributed by atoms with van der Waals surface area (Å²) < 4.78 is 5.62. The highest BCUT2D eigenvalue weighted by Gasteiger charge is 2.33. The number of ether oxygens (including phenoxy) is 1. The Labute approximate surface area is 178 Å². The topological polar surface area (TPSA) is 203 Å². The Morgan fingerprint density at radius 1 is 1.29 bits per heavy atom. The van der Waals surface area contributed by atoms with Crippen molar-refractivity contribution in [1.29, 1.82) is 0 Å². The van der Waals surface area contributed by atoms with E-state index in [9.17, 15) is 29.7 Å². The molecule has 1 aliphatic heterocycles. The molecule has 1 unspecified atom stereocenters. The molecule has 0 radical (unpaired) electrons. The molecule has 1 atom stereocenters. The van der Waals surface area contributed by atoms with Gasteiger partial charge < -0.3 is 40.7 Å². The van der Waals surface area contributed by atoms with E-state index in [2.05, 4.69) is 5.32 Å². The third kappa shape index (κ3) is 7.10. The van der Waals surface area contributed by atoms with Gasteiger partial charge >= 0.3 is 13.1 Å². The Morgan fingerprint density at radius 2 is 1.97 bits per heavy atom. The Kier molecular flexibility index (Phi) is 8.62. The van der Waals surface area contributed by atoms with E-state index in [1.165, 1.54) is 17.0 Å². The molecule has 8 N–H and O–H groups in total. The van der Waals surface area contributed by atoms with E-state index in [1.54, 1.807) is 0 Å². The van der Waals surface area contributed by atoms with Gasteiger partial charge in [-0.1, -0.05) is 6.07 Å². The molecule has 2 rings (SSSR count). The quantitative estimate of drug-likeness (QED) is 0.139. The summed E-state index contributed by atoms with van der Waals surface area (Å²) in [4.78, 5) is 35.8. The molecule has 1 heterocycles. The summed E-state index contributed by atoms with van der Waals surface area (Å²) in [6, 6.07) is 2.82. The number of primary amides is 1. The van der Waals surface area contributed by atoms with Crippen LogP contribution in [0.5, 0.6) is 11.5 Å². The predicted molar refractivity (Wildman–Crippen MR) is 107 cm³/mol. The number of aliphatic hydroxyl groups excluding tert-OH is 1. The van der Waals surface area contributed by atoms with Crippen molar-refractivity contribution in [3.05, 3.63) is 23.3 Å². The summed E-state index contributed by atoms with van der Waals surface area (Å²) in [7, 11) is -1.58. The molecule has 0 aromatic heterocycles. The van der Waals surface area contributed by atoms with Gasteiger partial charge in [0.2, 0.25) is 11.8 Å². The van der Waals surface area contributed by atoms with Gasteiger partial charge in [-0.3, -0.25) is 14.9 Å². The first-order chi connectivity index (χ1) is 14.6. The lowest BCUT2D eigenvalue weighted by Crippen LogP contribution is -2.58. The molecule has 1 aromatic rings. The molecule has 0 spiro atoms. The largest absolute Gasteiger partial charge is 0.507 e. The number of carboxylic acid groups (broad SMARTS) is 1. The number of carbonyl (C=O) groups is 3. The predicted octanol–water partition coefficient (Wildman–Crippen LogP) is -2.13. The third-order valence-corrected chi connectivity index (χ3v) is 4.76. The highest BCUT2D eigenvalue weighted by atomic mass is 16.5. The smallest absolute Gasteiger partial charge is 0.451 e. The van der Waals surface area contributed by atoms with Crippen molar-refractivity contribution in [3.63, 3.8) is 0 Å². The Bertz CT molecular complexity index is 815. The van der Waals surface area contributed by atoms with Gasteiger partial charge in [0.15, 0.2) is 0 Å². The van der Waals surface area contributed by atoms with Crippen molar-refractivity contribution < 1.29 is 44.5 Å². The lowest BCUT2D eigenvalue weighted by Gasteiger charge is -2.39. The maximum Gasteiger partial charge on any atom is 0.451 e. The van der Waals surface area contributed by atoms with Crippen LogP contribution in [-0.2, 0) is 16.0 Å². The summed E-state index contributed by atoms with van der Waals surface area (Å²) in [5.74, 6) is -2.83. The van der Waals surface area contributed by atoms with Gasteiger partial charge in [-0.25, -0.2) is 4.79 Å². The number of carboxylic acids is 1. The first-order valence-electron chi connectivity index (χ1n) is 9.67. The average molecular weight is 439 g/mol. The number of nitrogens with zero attached hydrogens (tertiary/aromatic N) is 1. The molecule has 13 heteroatoms. The number of aromatic carboxylic acids is 1. The zero-order valence-corrected chi connectivity index (χ0v) is 16.7. The summed E-state index contributed by atoms with van der Waals surface area (Å²) in [6.07, 6.45) is -1.46. The van der Waals surface area contributed by atoms with Crippen LogP contribution in [0.3, 0.4) is 0 Å². The number of likely N-dealkylation sites (tertiary alicyclic amines) is 1. The molecule has 1 fully saturated rings. The summed E-state index contributed by atoms with van der Waals surface area (Å²) >= 11 is 0. The van der Waals surface area contributed by atoms with Crippen molar-refractivity contribution in [2.45, 2.75) is 37.9 Å². The van der Waals surface area contributed by atoms with Gasteiger partial charge in [0.05, 0.1) is 19.6 Å². The Hall–Kier alpha value is -2.87. The van der Waals surface area contributed by atoms with E-state index >= 15 is 0 Å².